The quantitative estimate of drug-likeness (QED) is 0.837. The monoisotopic (exact) mass is 275 g/mol. The molecule has 20 heavy (non-hydrogen) atoms. The van der Waals surface area contributed by atoms with Crippen molar-refractivity contribution in [2.75, 3.05) is 13.7 Å². The van der Waals surface area contributed by atoms with Crippen molar-refractivity contribution in [2.24, 2.45) is 7.05 Å². The Labute approximate surface area is 119 Å². The number of aryl methyl sites for hydroxylation is 1. The Kier molecular flexibility index (Phi) is 4.42. The zero-order valence-electron chi connectivity index (χ0n) is 12.1. The summed E-state index contributed by atoms with van der Waals surface area (Å²) in [5.74, 6) is 0.848. The molecule has 1 aromatic heterocycles. The second-order valence-electron chi connectivity index (χ2n) is 5.09. The molecule has 1 atom stereocenters. The highest BCUT2D eigenvalue weighted by Gasteiger charge is 2.24. The van der Waals surface area contributed by atoms with Crippen LogP contribution >= 0.6 is 0 Å². The average molecular weight is 275 g/mol. The summed E-state index contributed by atoms with van der Waals surface area (Å²) in [4.78, 5) is 0. The molecule has 0 saturated heterocycles. The molecule has 5 nitrogen and oxygen atoms in total. The molecule has 0 aliphatic rings. The molecule has 2 N–H and O–H groups in total. The third-order valence-electron chi connectivity index (χ3n) is 3.30. The highest BCUT2D eigenvalue weighted by atomic mass is 16.5. The lowest BCUT2D eigenvalue weighted by Crippen LogP contribution is -2.34. The molecule has 1 aromatic carbocycles. The summed E-state index contributed by atoms with van der Waals surface area (Å²) < 4.78 is 6.98. The molecule has 0 amide bonds. The number of nitrogens with zero attached hydrogens (tertiary/aromatic N) is 2. The lowest BCUT2D eigenvalue weighted by atomic mass is 9.99. The van der Waals surface area contributed by atoms with Crippen molar-refractivity contribution < 1.29 is 9.84 Å². The fourth-order valence-electron chi connectivity index (χ4n) is 2.09. The van der Waals surface area contributed by atoms with Gasteiger partial charge in [-0.3, -0.25) is 4.68 Å². The van der Waals surface area contributed by atoms with Crippen LogP contribution in [-0.2, 0) is 19.2 Å². The lowest BCUT2D eigenvalue weighted by molar-refractivity contribution is 0.0565. The van der Waals surface area contributed by atoms with Gasteiger partial charge in [0.1, 0.15) is 11.4 Å². The molecule has 0 spiro atoms. The number of methoxy groups -OCH3 is 1. The van der Waals surface area contributed by atoms with E-state index in [1.807, 2.05) is 37.5 Å². The van der Waals surface area contributed by atoms with Gasteiger partial charge in [0.15, 0.2) is 0 Å². The van der Waals surface area contributed by atoms with E-state index in [4.69, 9.17) is 4.74 Å². The van der Waals surface area contributed by atoms with Crippen molar-refractivity contribution in [1.29, 1.82) is 0 Å². The van der Waals surface area contributed by atoms with Crippen LogP contribution < -0.4 is 10.1 Å². The van der Waals surface area contributed by atoms with E-state index in [1.54, 1.807) is 24.9 Å². The molecule has 0 fully saturated rings. The summed E-state index contributed by atoms with van der Waals surface area (Å²) >= 11 is 0. The molecule has 1 heterocycles. The third kappa shape index (κ3) is 3.37. The fraction of sp³-hybridized carbons (Fsp3) is 0.400. The molecule has 0 aliphatic carbocycles. The van der Waals surface area contributed by atoms with Crippen LogP contribution in [0.1, 0.15) is 18.1 Å². The summed E-state index contributed by atoms with van der Waals surface area (Å²) in [7, 11) is 3.49. The number of hydrogen-bond donors (Lipinski definition) is 2. The lowest BCUT2D eigenvalue weighted by Gasteiger charge is -2.22. The van der Waals surface area contributed by atoms with Crippen LogP contribution in [0.4, 0.5) is 0 Å². The number of nitrogens with one attached hydrogen (secondary N) is 1. The van der Waals surface area contributed by atoms with Gasteiger partial charge in [-0.15, -0.1) is 0 Å². The van der Waals surface area contributed by atoms with E-state index in [0.717, 1.165) is 16.9 Å². The normalized spacial score (nSPS) is 14.0. The van der Waals surface area contributed by atoms with Gasteiger partial charge in [-0.2, -0.15) is 5.10 Å². The van der Waals surface area contributed by atoms with E-state index in [-0.39, 0.29) is 0 Å². The Morgan fingerprint density at radius 2 is 2.15 bits per heavy atom. The van der Waals surface area contributed by atoms with E-state index in [1.165, 1.54) is 0 Å². The predicted octanol–water partition coefficient (Wildman–Crippen LogP) is 1.43. The summed E-state index contributed by atoms with van der Waals surface area (Å²) in [6.07, 6.45) is 3.51. The van der Waals surface area contributed by atoms with Gasteiger partial charge in [0.25, 0.3) is 0 Å². The van der Waals surface area contributed by atoms with E-state index in [0.29, 0.717) is 13.1 Å². The molecule has 0 bridgehead atoms. The highest BCUT2D eigenvalue weighted by molar-refractivity contribution is 5.33. The van der Waals surface area contributed by atoms with Gasteiger partial charge in [0.05, 0.1) is 13.3 Å². The van der Waals surface area contributed by atoms with Crippen molar-refractivity contribution in [2.45, 2.75) is 19.1 Å². The number of para-hydroxylation sites is 1. The van der Waals surface area contributed by atoms with E-state index < -0.39 is 5.60 Å². The fourth-order valence-corrected chi connectivity index (χ4v) is 2.09. The topological polar surface area (TPSA) is 59.3 Å². The summed E-state index contributed by atoms with van der Waals surface area (Å²) in [5, 5.41) is 17.8. The van der Waals surface area contributed by atoms with Crippen LogP contribution in [0.25, 0.3) is 0 Å². The number of aliphatic hydroxyl groups is 1. The van der Waals surface area contributed by atoms with E-state index in [2.05, 4.69) is 10.4 Å². The van der Waals surface area contributed by atoms with Crippen LogP contribution in [-0.4, -0.2) is 28.5 Å². The molecular formula is C15H21N3O2. The maximum absolute atomic E-state index is 10.5. The molecule has 5 heteroatoms. The maximum atomic E-state index is 10.5. The second-order valence-corrected chi connectivity index (χ2v) is 5.09. The first-order chi connectivity index (χ1) is 9.53. The largest absolute Gasteiger partial charge is 0.496 e. The SMILES string of the molecule is COc1ccccc1CNCC(C)(O)c1cnn(C)c1. The number of ether oxygens (including phenoxy) is 1. The number of benzene rings is 1. The molecule has 0 saturated carbocycles. The Morgan fingerprint density at radius 1 is 1.40 bits per heavy atom. The number of aromatic nitrogens is 2. The smallest absolute Gasteiger partial charge is 0.123 e. The number of rotatable bonds is 6. The van der Waals surface area contributed by atoms with Crippen molar-refractivity contribution in [3.05, 3.63) is 47.8 Å². The zero-order chi connectivity index (χ0) is 14.6. The second kappa shape index (κ2) is 6.07. The Bertz CT molecular complexity index is 564. The van der Waals surface area contributed by atoms with Crippen molar-refractivity contribution in [3.63, 3.8) is 0 Å². The van der Waals surface area contributed by atoms with Gasteiger partial charge in [0.2, 0.25) is 0 Å². The van der Waals surface area contributed by atoms with Gasteiger partial charge in [-0.25, -0.2) is 0 Å². The molecule has 0 aliphatic heterocycles. The minimum absolute atomic E-state index is 0.441. The van der Waals surface area contributed by atoms with Crippen LogP contribution in [0.3, 0.4) is 0 Å². The van der Waals surface area contributed by atoms with Gasteiger partial charge in [0, 0.05) is 37.5 Å². The Hall–Kier alpha value is -1.85. The van der Waals surface area contributed by atoms with Gasteiger partial charge in [-0.05, 0) is 13.0 Å². The predicted molar refractivity (Wildman–Crippen MR) is 77.5 cm³/mol. The van der Waals surface area contributed by atoms with Crippen LogP contribution in [0.15, 0.2) is 36.7 Å². The van der Waals surface area contributed by atoms with Crippen LogP contribution in [0, 0.1) is 0 Å². The summed E-state index contributed by atoms with van der Waals surface area (Å²) in [5.41, 5.74) is 0.917. The van der Waals surface area contributed by atoms with Gasteiger partial charge in [-0.1, -0.05) is 18.2 Å². The van der Waals surface area contributed by atoms with Crippen molar-refractivity contribution in [3.8, 4) is 5.75 Å². The number of hydrogen-bond acceptors (Lipinski definition) is 4. The zero-order valence-corrected chi connectivity index (χ0v) is 12.1. The highest BCUT2D eigenvalue weighted by Crippen LogP contribution is 2.20. The van der Waals surface area contributed by atoms with Crippen LogP contribution in [0.2, 0.25) is 0 Å². The minimum atomic E-state index is -0.948. The molecule has 2 aromatic rings. The first kappa shape index (κ1) is 14.6. The van der Waals surface area contributed by atoms with Gasteiger partial charge >= 0.3 is 0 Å². The first-order valence-corrected chi connectivity index (χ1v) is 6.57. The Balaban J connectivity index is 1.95. The first-order valence-electron chi connectivity index (χ1n) is 6.57. The Morgan fingerprint density at radius 3 is 2.80 bits per heavy atom. The van der Waals surface area contributed by atoms with Crippen LogP contribution in [0.5, 0.6) is 5.75 Å². The summed E-state index contributed by atoms with van der Waals surface area (Å²) in [6, 6.07) is 7.84. The van der Waals surface area contributed by atoms with Crippen molar-refractivity contribution in [1.82, 2.24) is 15.1 Å². The molecule has 108 valence electrons. The molecule has 1 unspecified atom stereocenters. The average Bonchev–Trinajstić information content (AvgIpc) is 2.87. The molecular weight excluding hydrogens is 254 g/mol. The van der Waals surface area contributed by atoms with E-state index >= 15 is 0 Å². The van der Waals surface area contributed by atoms with Crippen molar-refractivity contribution >= 4 is 0 Å². The summed E-state index contributed by atoms with van der Waals surface area (Å²) in [6.45, 7) is 2.86. The van der Waals surface area contributed by atoms with Gasteiger partial charge < -0.3 is 15.2 Å². The maximum Gasteiger partial charge on any atom is 0.123 e. The standard InChI is InChI=1S/C15H21N3O2/c1-15(19,13-9-17-18(2)10-13)11-16-8-12-6-4-5-7-14(12)20-3/h4-7,9-10,16,19H,8,11H2,1-3H3. The molecule has 2 rings (SSSR count). The minimum Gasteiger partial charge on any atom is -0.496 e. The third-order valence-corrected chi connectivity index (χ3v) is 3.30. The molecule has 0 radical (unpaired) electrons. The van der Waals surface area contributed by atoms with E-state index in [9.17, 15) is 5.11 Å².